The van der Waals surface area contributed by atoms with Crippen molar-refractivity contribution in [3.63, 3.8) is 0 Å². The highest BCUT2D eigenvalue weighted by molar-refractivity contribution is 6.08. The Morgan fingerprint density at radius 1 is 0.275 bits per heavy atom. The Balaban J connectivity index is 0.000000132. The second-order valence-electron chi connectivity index (χ2n) is 10.8. The molecular formula is C36H32N4. The first-order valence-electron chi connectivity index (χ1n) is 14.4. The van der Waals surface area contributed by atoms with Gasteiger partial charge in [0.2, 0.25) is 0 Å². The van der Waals surface area contributed by atoms with Gasteiger partial charge in [-0.3, -0.25) is 0 Å². The maximum Gasteiger partial charge on any atom is 0.0708 e. The highest BCUT2D eigenvalue weighted by Gasteiger charge is 2.20. The number of hydrogen-bond acceptors (Lipinski definition) is 4. The van der Waals surface area contributed by atoms with E-state index in [9.17, 15) is 0 Å². The Morgan fingerprint density at radius 2 is 0.500 bits per heavy atom. The van der Waals surface area contributed by atoms with Gasteiger partial charge in [-0.2, -0.15) is 20.4 Å². The number of aryl methyl sites for hydroxylation is 4. The Kier molecular flexibility index (Phi) is 6.75. The van der Waals surface area contributed by atoms with Crippen molar-refractivity contribution >= 4 is 22.8 Å². The molecule has 0 saturated carbocycles. The second-order valence-corrected chi connectivity index (χ2v) is 10.8. The van der Waals surface area contributed by atoms with Crippen LogP contribution in [-0.4, -0.2) is 22.8 Å². The minimum Gasteiger partial charge on any atom is -0.155 e. The molecule has 4 nitrogen and oxygen atoms in total. The van der Waals surface area contributed by atoms with Crippen molar-refractivity contribution < 1.29 is 0 Å². The molecule has 0 radical (unpaired) electrons. The van der Waals surface area contributed by atoms with Gasteiger partial charge in [-0.1, -0.05) is 97.1 Å². The fourth-order valence-corrected chi connectivity index (χ4v) is 6.29. The van der Waals surface area contributed by atoms with Gasteiger partial charge in [0.25, 0.3) is 0 Å². The number of hydrogen-bond donors (Lipinski definition) is 0. The van der Waals surface area contributed by atoms with E-state index in [1.54, 1.807) is 0 Å². The molecule has 0 aliphatic heterocycles. The summed E-state index contributed by atoms with van der Waals surface area (Å²) >= 11 is 0. The molecule has 40 heavy (non-hydrogen) atoms. The third kappa shape index (κ3) is 4.86. The van der Waals surface area contributed by atoms with Crippen LogP contribution in [0.25, 0.3) is 0 Å². The first-order chi connectivity index (χ1) is 19.8. The maximum atomic E-state index is 4.55. The minimum atomic E-state index is 1.01. The molecule has 0 fully saturated rings. The molecule has 4 heteroatoms. The molecule has 0 atom stereocenters. The average molecular weight is 521 g/mol. The third-order valence-corrected chi connectivity index (χ3v) is 8.42. The van der Waals surface area contributed by atoms with Crippen LogP contribution in [0.15, 0.2) is 117 Å². The van der Waals surface area contributed by atoms with Crippen molar-refractivity contribution in [1.29, 1.82) is 0 Å². The van der Waals surface area contributed by atoms with Gasteiger partial charge in [-0.05, 0) is 73.6 Å². The molecule has 8 rings (SSSR count). The lowest BCUT2D eigenvalue weighted by molar-refractivity contribution is 1.06. The molecule has 0 saturated heterocycles. The van der Waals surface area contributed by atoms with Crippen molar-refractivity contribution in [1.82, 2.24) is 0 Å². The predicted molar refractivity (Wildman–Crippen MR) is 165 cm³/mol. The van der Waals surface area contributed by atoms with Gasteiger partial charge in [0.05, 0.1) is 22.8 Å². The lowest BCUT2D eigenvalue weighted by Crippen LogP contribution is -1.97. The summed E-state index contributed by atoms with van der Waals surface area (Å²) < 4.78 is 0. The molecule has 4 aliphatic carbocycles. The van der Waals surface area contributed by atoms with Crippen molar-refractivity contribution in [3.05, 3.63) is 142 Å². The third-order valence-electron chi connectivity index (χ3n) is 8.42. The smallest absolute Gasteiger partial charge is 0.0708 e. The van der Waals surface area contributed by atoms with E-state index in [1.807, 2.05) is 0 Å². The summed E-state index contributed by atoms with van der Waals surface area (Å²) in [5, 5.41) is 18.2. The summed E-state index contributed by atoms with van der Waals surface area (Å²) in [7, 11) is 0. The van der Waals surface area contributed by atoms with Gasteiger partial charge in [-0.15, -0.1) is 0 Å². The summed E-state index contributed by atoms with van der Waals surface area (Å²) in [4.78, 5) is 0. The molecule has 0 amide bonds. The highest BCUT2D eigenvalue weighted by atomic mass is 15.2. The van der Waals surface area contributed by atoms with E-state index in [0.29, 0.717) is 0 Å². The molecule has 0 heterocycles. The quantitative estimate of drug-likeness (QED) is 0.245. The van der Waals surface area contributed by atoms with Crippen LogP contribution in [0.5, 0.6) is 0 Å². The minimum absolute atomic E-state index is 1.01. The normalized spacial score (nSPS) is 20.4. The SMILES string of the molecule is c1ccc2c(c1)CC/C2=N\N=C1/CCc2ccccc21.c1ccc2c(c1)CC/C2=N\N=C1/CCc2ccccc21. The predicted octanol–water partition coefficient (Wildman–Crippen LogP) is 7.54. The summed E-state index contributed by atoms with van der Waals surface area (Å²) in [6.07, 6.45) is 8.42. The lowest BCUT2D eigenvalue weighted by Gasteiger charge is -1.99. The summed E-state index contributed by atoms with van der Waals surface area (Å²) in [5.74, 6) is 0. The van der Waals surface area contributed by atoms with Crippen molar-refractivity contribution in [2.24, 2.45) is 20.4 Å². The average Bonchev–Trinajstić information content (AvgIpc) is 3.80. The first kappa shape index (κ1) is 24.6. The fourth-order valence-electron chi connectivity index (χ4n) is 6.29. The van der Waals surface area contributed by atoms with E-state index in [0.717, 1.165) is 74.2 Å². The van der Waals surface area contributed by atoms with E-state index in [1.165, 1.54) is 44.5 Å². The van der Waals surface area contributed by atoms with Gasteiger partial charge in [-0.25, -0.2) is 0 Å². The molecule has 196 valence electrons. The molecule has 0 aromatic heterocycles. The van der Waals surface area contributed by atoms with E-state index >= 15 is 0 Å². The number of rotatable bonds is 2. The van der Waals surface area contributed by atoms with Crippen LogP contribution in [0.3, 0.4) is 0 Å². The van der Waals surface area contributed by atoms with E-state index < -0.39 is 0 Å². The summed E-state index contributed by atoms with van der Waals surface area (Å²) in [6, 6.07) is 34.1. The second kappa shape index (κ2) is 11.0. The van der Waals surface area contributed by atoms with Gasteiger partial charge in [0.15, 0.2) is 0 Å². The van der Waals surface area contributed by atoms with E-state index in [4.69, 9.17) is 0 Å². The molecular weight excluding hydrogens is 488 g/mol. The zero-order chi connectivity index (χ0) is 26.7. The number of benzene rings is 4. The van der Waals surface area contributed by atoms with Crippen LogP contribution in [0.1, 0.15) is 70.2 Å². The standard InChI is InChI=1S/2C18H16N2/c2*1-3-7-15-13(5-1)9-11-17(15)19-20-18-12-10-14-6-2-4-8-16(14)18/h2*1-8H,9-12H2/b2*19-17+,20-18+. The monoisotopic (exact) mass is 520 g/mol. The van der Waals surface area contributed by atoms with Crippen molar-refractivity contribution in [2.45, 2.75) is 51.4 Å². The van der Waals surface area contributed by atoms with Crippen LogP contribution in [0.4, 0.5) is 0 Å². The zero-order valence-corrected chi connectivity index (χ0v) is 22.7. The van der Waals surface area contributed by atoms with Crippen LogP contribution in [-0.2, 0) is 25.7 Å². The molecule has 0 N–H and O–H groups in total. The molecule has 4 aromatic rings. The topological polar surface area (TPSA) is 49.4 Å². The Hall–Kier alpha value is -4.44. The summed E-state index contributed by atoms with van der Waals surface area (Å²) in [5.41, 5.74) is 15.3. The van der Waals surface area contributed by atoms with Crippen LogP contribution in [0.2, 0.25) is 0 Å². The van der Waals surface area contributed by atoms with Crippen molar-refractivity contribution in [2.75, 3.05) is 0 Å². The first-order valence-corrected chi connectivity index (χ1v) is 14.4. The van der Waals surface area contributed by atoms with E-state index in [-0.39, 0.29) is 0 Å². The van der Waals surface area contributed by atoms with E-state index in [2.05, 4.69) is 117 Å². The summed E-state index contributed by atoms with van der Waals surface area (Å²) in [6.45, 7) is 0. The number of nitrogens with zero attached hydrogens (tertiary/aromatic N) is 4. The van der Waals surface area contributed by atoms with Gasteiger partial charge >= 0.3 is 0 Å². The highest BCUT2D eigenvalue weighted by Crippen LogP contribution is 2.26. The maximum absolute atomic E-state index is 4.55. The zero-order valence-electron chi connectivity index (χ0n) is 22.7. The lowest BCUT2D eigenvalue weighted by atomic mass is 10.1. The van der Waals surface area contributed by atoms with Crippen molar-refractivity contribution in [3.8, 4) is 0 Å². The molecule has 0 unspecified atom stereocenters. The Labute approximate surface area is 235 Å². The van der Waals surface area contributed by atoms with Crippen LogP contribution >= 0.6 is 0 Å². The Morgan fingerprint density at radius 3 is 0.750 bits per heavy atom. The van der Waals surface area contributed by atoms with Crippen LogP contribution in [0, 0.1) is 0 Å². The molecule has 4 aromatic carbocycles. The van der Waals surface area contributed by atoms with Gasteiger partial charge in [0, 0.05) is 22.3 Å². The Bertz CT molecular complexity index is 1450. The van der Waals surface area contributed by atoms with Gasteiger partial charge < -0.3 is 0 Å². The molecule has 0 spiro atoms. The van der Waals surface area contributed by atoms with Crippen LogP contribution < -0.4 is 0 Å². The fraction of sp³-hybridized carbons (Fsp3) is 0.222. The molecule has 4 aliphatic rings. The molecule has 0 bridgehead atoms. The van der Waals surface area contributed by atoms with Gasteiger partial charge in [0.1, 0.15) is 0 Å². The number of fused-ring (bicyclic) bond motifs is 4. The largest absolute Gasteiger partial charge is 0.155 e.